The maximum atomic E-state index is 8.26. The Balaban J connectivity index is 3.09. The zero-order valence-electron chi connectivity index (χ0n) is 6.13. The van der Waals surface area contributed by atoms with Crippen LogP contribution in [0, 0.1) is 0 Å². The molecule has 9 heavy (non-hydrogen) atoms. The Morgan fingerprint density at radius 1 is 1.33 bits per heavy atom. The van der Waals surface area contributed by atoms with Gasteiger partial charge in [-0.25, -0.2) is 0 Å². The molecule has 0 aromatic rings. The summed E-state index contributed by atoms with van der Waals surface area (Å²) in [6.07, 6.45) is 0. The van der Waals surface area contributed by atoms with Crippen molar-refractivity contribution in [3.63, 3.8) is 0 Å². The summed E-state index contributed by atoms with van der Waals surface area (Å²) in [6, 6.07) is 0. The molecular weight excluding hydrogens is 118 g/mol. The Hall–Kier alpha value is -0.120. The van der Waals surface area contributed by atoms with Gasteiger partial charge in [-0.15, -0.1) is 0 Å². The van der Waals surface area contributed by atoms with Crippen LogP contribution in [0.3, 0.4) is 0 Å². The summed E-state index contributed by atoms with van der Waals surface area (Å²) < 4.78 is 4.76. The molecular formula is C6H15NO2. The molecule has 0 aromatic heterocycles. The van der Waals surface area contributed by atoms with Gasteiger partial charge in [0.1, 0.15) is 13.5 Å². The lowest BCUT2D eigenvalue weighted by Gasteiger charge is -2.16. The van der Waals surface area contributed by atoms with E-state index in [0.29, 0.717) is 6.73 Å². The van der Waals surface area contributed by atoms with Crippen molar-refractivity contribution in [2.75, 3.05) is 26.6 Å². The van der Waals surface area contributed by atoms with Crippen molar-refractivity contribution < 1.29 is 9.84 Å². The Labute approximate surface area is 56.2 Å². The fraction of sp³-hybridized carbons (Fsp3) is 1.00. The van der Waals surface area contributed by atoms with Crippen LogP contribution in [0.15, 0.2) is 0 Å². The van der Waals surface area contributed by atoms with Gasteiger partial charge in [0.15, 0.2) is 0 Å². The van der Waals surface area contributed by atoms with Crippen LogP contribution in [-0.4, -0.2) is 36.6 Å². The second-order valence-corrected chi connectivity index (χ2v) is 1.77. The van der Waals surface area contributed by atoms with Gasteiger partial charge in [-0.2, -0.15) is 0 Å². The first-order chi connectivity index (χ1) is 4.35. The Bertz CT molecular complexity index is 55.0. The molecule has 0 rings (SSSR count). The zero-order valence-corrected chi connectivity index (χ0v) is 6.13. The molecule has 0 aromatic carbocycles. The van der Waals surface area contributed by atoms with Crippen molar-refractivity contribution in [1.82, 2.24) is 4.90 Å². The number of nitrogens with zero attached hydrogens (tertiary/aromatic N) is 1. The summed E-state index contributed by atoms with van der Waals surface area (Å²) in [7, 11) is 0. The van der Waals surface area contributed by atoms with Crippen LogP contribution >= 0.6 is 0 Å². The Kier molecular flexibility index (Phi) is 5.93. The highest BCUT2D eigenvalue weighted by molar-refractivity contribution is 4.41. The van der Waals surface area contributed by atoms with Gasteiger partial charge >= 0.3 is 0 Å². The van der Waals surface area contributed by atoms with Crippen LogP contribution in [0.1, 0.15) is 13.8 Å². The zero-order chi connectivity index (χ0) is 7.11. The van der Waals surface area contributed by atoms with Gasteiger partial charge < -0.3 is 9.84 Å². The molecule has 0 unspecified atom stereocenters. The first kappa shape index (κ1) is 8.88. The van der Waals surface area contributed by atoms with E-state index in [9.17, 15) is 0 Å². The minimum absolute atomic E-state index is 0.184. The van der Waals surface area contributed by atoms with Gasteiger partial charge in [0, 0.05) is 0 Å². The number of rotatable bonds is 5. The smallest absolute Gasteiger partial charge is 0.145 e. The number of aliphatic hydroxyl groups is 1. The van der Waals surface area contributed by atoms with Crippen molar-refractivity contribution in [1.29, 1.82) is 0 Å². The molecule has 56 valence electrons. The van der Waals surface area contributed by atoms with Gasteiger partial charge in [-0.05, 0) is 13.1 Å². The molecule has 0 radical (unpaired) electrons. The summed E-state index contributed by atoms with van der Waals surface area (Å²) in [5.41, 5.74) is 0. The molecule has 0 saturated heterocycles. The lowest BCUT2D eigenvalue weighted by molar-refractivity contribution is -0.0514. The molecule has 3 heteroatoms. The monoisotopic (exact) mass is 133 g/mol. The Morgan fingerprint density at radius 3 is 2.22 bits per heavy atom. The van der Waals surface area contributed by atoms with E-state index in [1.54, 1.807) is 0 Å². The third-order valence-electron chi connectivity index (χ3n) is 1.26. The highest BCUT2D eigenvalue weighted by atomic mass is 16.6. The molecule has 3 nitrogen and oxygen atoms in total. The van der Waals surface area contributed by atoms with Crippen LogP contribution in [0.4, 0.5) is 0 Å². The first-order valence-corrected chi connectivity index (χ1v) is 3.26. The fourth-order valence-corrected chi connectivity index (χ4v) is 0.576. The van der Waals surface area contributed by atoms with E-state index in [-0.39, 0.29) is 6.79 Å². The summed E-state index contributed by atoms with van der Waals surface area (Å²) in [5, 5.41) is 8.26. The molecule has 0 aliphatic carbocycles. The summed E-state index contributed by atoms with van der Waals surface area (Å²) in [6.45, 7) is 6.40. The lowest BCUT2D eigenvalue weighted by Crippen LogP contribution is -2.25. The quantitative estimate of drug-likeness (QED) is 0.546. The number of ether oxygens (including phenoxy) is 1. The van der Waals surface area contributed by atoms with Gasteiger partial charge in [0.05, 0.1) is 0 Å². The average molecular weight is 133 g/mol. The standard InChI is InChI=1S/C6H15NO2/c1-3-7(4-2)5-9-6-8/h8H,3-6H2,1-2H3. The second-order valence-electron chi connectivity index (χ2n) is 1.77. The minimum atomic E-state index is -0.184. The molecule has 0 atom stereocenters. The van der Waals surface area contributed by atoms with Crippen molar-refractivity contribution in [3.8, 4) is 0 Å². The average Bonchev–Trinajstić information content (AvgIpc) is 1.91. The molecule has 1 N–H and O–H groups in total. The second kappa shape index (κ2) is 6.01. The van der Waals surface area contributed by atoms with E-state index in [1.165, 1.54) is 0 Å². The number of hydrogen-bond acceptors (Lipinski definition) is 3. The largest absolute Gasteiger partial charge is 0.371 e. The molecule has 0 amide bonds. The molecule has 0 fully saturated rings. The maximum Gasteiger partial charge on any atom is 0.145 e. The van der Waals surface area contributed by atoms with E-state index < -0.39 is 0 Å². The van der Waals surface area contributed by atoms with Gasteiger partial charge in [-0.1, -0.05) is 13.8 Å². The molecule has 0 aliphatic rings. The minimum Gasteiger partial charge on any atom is -0.371 e. The third kappa shape index (κ3) is 4.39. The predicted molar refractivity (Wildman–Crippen MR) is 36.0 cm³/mol. The van der Waals surface area contributed by atoms with Gasteiger partial charge in [0.2, 0.25) is 0 Å². The highest BCUT2D eigenvalue weighted by Crippen LogP contribution is 1.85. The molecule has 0 bridgehead atoms. The normalized spacial score (nSPS) is 10.7. The number of aliphatic hydroxyl groups excluding tert-OH is 1. The van der Waals surface area contributed by atoms with Crippen molar-refractivity contribution in [2.45, 2.75) is 13.8 Å². The van der Waals surface area contributed by atoms with E-state index in [1.807, 2.05) is 0 Å². The molecule has 0 aliphatic heterocycles. The van der Waals surface area contributed by atoms with Crippen molar-refractivity contribution >= 4 is 0 Å². The van der Waals surface area contributed by atoms with E-state index in [0.717, 1.165) is 13.1 Å². The maximum absolute atomic E-state index is 8.26. The van der Waals surface area contributed by atoms with Crippen LogP contribution in [0.5, 0.6) is 0 Å². The fourth-order valence-electron chi connectivity index (χ4n) is 0.576. The van der Waals surface area contributed by atoms with E-state index in [4.69, 9.17) is 9.84 Å². The van der Waals surface area contributed by atoms with Crippen molar-refractivity contribution in [3.05, 3.63) is 0 Å². The summed E-state index contributed by atoms with van der Waals surface area (Å²) in [4.78, 5) is 2.08. The topological polar surface area (TPSA) is 32.7 Å². The van der Waals surface area contributed by atoms with Crippen molar-refractivity contribution in [2.24, 2.45) is 0 Å². The molecule has 0 spiro atoms. The van der Waals surface area contributed by atoms with E-state index >= 15 is 0 Å². The number of hydrogen-bond donors (Lipinski definition) is 1. The van der Waals surface area contributed by atoms with Crippen LogP contribution in [0.25, 0.3) is 0 Å². The SMILES string of the molecule is CCN(CC)COCO. The van der Waals surface area contributed by atoms with Crippen LogP contribution in [-0.2, 0) is 4.74 Å². The van der Waals surface area contributed by atoms with Crippen LogP contribution < -0.4 is 0 Å². The first-order valence-electron chi connectivity index (χ1n) is 3.26. The van der Waals surface area contributed by atoms with E-state index in [2.05, 4.69) is 18.7 Å². The predicted octanol–water partition coefficient (Wildman–Crippen LogP) is 0.252. The summed E-state index contributed by atoms with van der Waals surface area (Å²) >= 11 is 0. The summed E-state index contributed by atoms with van der Waals surface area (Å²) in [5.74, 6) is 0. The molecule has 0 saturated carbocycles. The third-order valence-corrected chi connectivity index (χ3v) is 1.26. The lowest BCUT2D eigenvalue weighted by atomic mass is 10.6. The van der Waals surface area contributed by atoms with Crippen LogP contribution in [0.2, 0.25) is 0 Å². The van der Waals surface area contributed by atoms with Gasteiger partial charge in [0.25, 0.3) is 0 Å². The highest BCUT2D eigenvalue weighted by Gasteiger charge is 1.95. The molecule has 0 heterocycles. The Morgan fingerprint density at radius 2 is 1.89 bits per heavy atom. The van der Waals surface area contributed by atoms with Gasteiger partial charge in [-0.3, -0.25) is 4.90 Å².